The molecule has 26 heavy (non-hydrogen) atoms. The fourth-order valence-electron chi connectivity index (χ4n) is 2.59. The van der Waals surface area contributed by atoms with E-state index in [1.807, 2.05) is 24.5 Å². The van der Waals surface area contributed by atoms with Gasteiger partial charge in [0.05, 0.1) is 0 Å². The minimum Gasteiger partial charge on any atom is -0.507 e. The highest BCUT2D eigenvalue weighted by Gasteiger charge is 2.17. The number of H-pyrrole nitrogens is 1. The number of amides is 1. The molecule has 0 saturated heterocycles. The van der Waals surface area contributed by atoms with Crippen LogP contribution >= 0.6 is 11.6 Å². The Morgan fingerprint density at radius 1 is 1.31 bits per heavy atom. The smallest absolute Gasteiger partial charge is 0.271 e. The summed E-state index contributed by atoms with van der Waals surface area (Å²) >= 11 is 5.96. The molecule has 7 nitrogen and oxygen atoms in total. The Bertz CT molecular complexity index is 938. The molecule has 1 aromatic heterocycles. The first-order valence-corrected chi connectivity index (χ1v) is 8.14. The number of hydrogen-bond acceptors (Lipinski definition) is 5. The Hall–Kier alpha value is -3.03. The number of nitrogens with zero attached hydrogens (tertiary/aromatic N) is 1. The maximum Gasteiger partial charge on any atom is 0.271 e. The molecule has 8 heteroatoms. The van der Waals surface area contributed by atoms with Crippen molar-refractivity contribution in [3.8, 4) is 33.9 Å². The van der Waals surface area contributed by atoms with Gasteiger partial charge in [-0.1, -0.05) is 23.7 Å². The van der Waals surface area contributed by atoms with Gasteiger partial charge in [-0.15, -0.1) is 0 Å². The van der Waals surface area contributed by atoms with Gasteiger partial charge in [-0.25, -0.2) is 5.84 Å². The number of aromatic hydroxyl groups is 1. The van der Waals surface area contributed by atoms with Gasteiger partial charge in [0, 0.05) is 27.9 Å². The summed E-state index contributed by atoms with van der Waals surface area (Å²) in [5.41, 5.74) is 5.77. The standard InChI is InChI=1S/C18H17ClN4O3/c1-10-17(11-2-4-12(19)5-3-11)18(23-22-10)14-7-6-13(8-15(14)24)26-9-16(25)21-20/h2-8,24H,9,20H2,1H3,(H,21,25)(H,22,23). The molecular weight excluding hydrogens is 356 g/mol. The van der Waals surface area contributed by atoms with E-state index in [1.54, 1.807) is 24.3 Å². The number of phenols is 1. The molecule has 5 N–H and O–H groups in total. The van der Waals surface area contributed by atoms with Crippen LogP contribution in [0, 0.1) is 6.92 Å². The fourth-order valence-corrected chi connectivity index (χ4v) is 2.71. The number of nitrogens with two attached hydrogens (primary N) is 1. The van der Waals surface area contributed by atoms with Crippen molar-refractivity contribution in [2.24, 2.45) is 5.84 Å². The number of aromatic nitrogens is 2. The van der Waals surface area contributed by atoms with Crippen molar-refractivity contribution in [2.45, 2.75) is 6.92 Å². The summed E-state index contributed by atoms with van der Waals surface area (Å²) in [6, 6.07) is 12.1. The predicted octanol–water partition coefficient (Wildman–Crippen LogP) is 2.78. The fraction of sp³-hybridized carbons (Fsp3) is 0.111. The Balaban J connectivity index is 1.95. The summed E-state index contributed by atoms with van der Waals surface area (Å²) in [4.78, 5) is 11.1. The van der Waals surface area contributed by atoms with Crippen LogP contribution in [0.4, 0.5) is 0 Å². The SMILES string of the molecule is Cc1[nH]nc(-c2ccc(OCC(=O)NN)cc2O)c1-c1ccc(Cl)cc1. The molecule has 134 valence electrons. The highest BCUT2D eigenvalue weighted by molar-refractivity contribution is 6.30. The third kappa shape index (κ3) is 3.63. The molecule has 2 aromatic carbocycles. The van der Waals surface area contributed by atoms with Crippen molar-refractivity contribution in [2.75, 3.05) is 6.61 Å². The first-order valence-electron chi connectivity index (χ1n) is 7.76. The number of ether oxygens (including phenoxy) is 1. The molecule has 0 fully saturated rings. The van der Waals surface area contributed by atoms with Crippen molar-refractivity contribution in [1.82, 2.24) is 15.6 Å². The van der Waals surface area contributed by atoms with E-state index in [9.17, 15) is 9.90 Å². The van der Waals surface area contributed by atoms with E-state index in [2.05, 4.69) is 10.2 Å². The number of aromatic amines is 1. The minimum atomic E-state index is -0.471. The monoisotopic (exact) mass is 372 g/mol. The predicted molar refractivity (Wildman–Crippen MR) is 98.7 cm³/mol. The van der Waals surface area contributed by atoms with Crippen LogP contribution in [0.5, 0.6) is 11.5 Å². The average Bonchev–Trinajstić information content (AvgIpc) is 3.01. The van der Waals surface area contributed by atoms with E-state index >= 15 is 0 Å². The second-order valence-electron chi connectivity index (χ2n) is 5.61. The molecular formula is C18H17ClN4O3. The van der Waals surface area contributed by atoms with E-state index in [0.29, 0.717) is 22.0 Å². The molecule has 0 saturated carbocycles. The van der Waals surface area contributed by atoms with Crippen LogP contribution in [0.3, 0.4) is 0 Å². The first kappa shape index (κ1) is 17.8. The second kappa shape index (κ2) is 7.47. The largest absolute Gasteiger partial charge is 0.507 e. The van der Waals surface area contributed by atoms with Gasteiger partial charge in [-0.2, -0.15) is 5.10 Å². The van der Waals surface area contributed by atoms with Crippen LogP contribution in [0.2, 0.25) is 5.02 Å². The topological polar surface area (TPSA) is 113 Å². The number of aryl methyl sites for hydroxylation is 1. The van der Waals surface area contributed by atoms with Crippen LogP contribution in [0.25, 0.3) is 22.4 Å². The normalized spacial score (nSPS) is 10.6. The molecule has 0 spiro atoms. The average molecular weight is 373 g/mol. The first-order chi connectivity index (χ1) is 12.5. The van der Waals surface area contributed by atoms with Crippen LogP contribution in [0.1, 0.15) is 5.69 Å². The van der Waals surface area contributed by atoms with Crippen LogP contribution in [-0.2, 0) is 4.79 Å². The molecule has 3 rings (SSSR count). The molecule has 0 unspecified atom stereocenters. The molecule has 3 aromatic rings. The highest BCUT2D eigenvalue weighted by atomic mass is 35.5. The lowest BCUT2D eigenvalue weighted by Crippen LogP contribution is -2.34. The summed E-state index contributed by atoms with van der Waals surface area (Å²) in [7, 11) is 0. The van der Waals surface area contributed by atoms with Crippen molar-refractivity contribution in [3.63, 3.8) is 0 Å². The summed E-state index contributed by atoms with van der Waals surface area (Å²) in [5, 5.41) is 18.3. The minimum absolute atomic E-state index is 0.0163. The number of nitrogens with one attached hydrogen (secondary N) is 2. The maximum absolute atomic E-state index is 11.1. The lowest BCUT2D eigenvalue weighted by Gasteiger charge is -2.09. The van der Waals surface area contributed by atoms with Crippen LogP contribution in [-0.4, -0.2) is 27.8 Å². The third-order valence-corrected chi connectivity index (χ3v) is 4.09. The van der Waals surface area contributed by atoms with Gasteiger partial charge in [0.1, 0.15) is 17.2 Å². The number of hydrazine groups is 1. The number of halogens is 1. The molecule has 1 heterocycles. The number of phenolic OH excluding ortho intramolecular Hbond substituents is 1. The quantitative estimate of drug-likeness (QED) is 0.312. The number of benzene rings is 2. The van der Waals surface area contributed by atoms with Gasteiger partial charge >= 0.3 is 0 Å². The third-order valence-electron chi connectivity index (χ3n) is 3.84. The van der Waals surface area contributed by atoms with E-state index in [1.165, 1.54) is 6.07 Å². The van der Waals surface area contributed by atoms with Gasteiger partial charge in [0.2, 0.25) is 0 Å². The molecule has 0 aliphatic heterocycles. The van der Waals surface area contributed by atoms with Gasteiger partial charge in [-0.3, -0.25) is 15.3 Å². The molecule has 0 aliphatic carbocycles. The zero-order valence-corrected chi connectivity index (χ0v) is 14.7. The summed E-state index contributed by atoms with van der Waals surface area (Å²) in [6.45, 7) is 1.66. The van der Waals surface area contributed by atoms with E-state index in [0.717, 1.165) is 16.8 Å². The molecule has 0 atom stereocenters. The zero-order chi connectivity index (χ0) is 18.7. The van der Waals surface area contributed by atoms with Crippen molar-refractivity contribution in [1.29, 1.82) is 0 Å². The number of hydrogen-bond donors (Lipinski definition) is 4. The van der Waals surface area contributed by atoms with E-state index in [4.69, 9.17) is 22.2 Å². The molecule has 0 bridgehead atoms. The lowest BCUT2D eigenvalue weighted by molar-refractivity contribution is -0.123. The Labute approximate surface area is 154 Å². The number of carbonyl (C=O) groups is 1. The van der Waals surface area contributed by atoms with Crippen molar-refractivity contribution < 1.29 is 14.6 Å². The van der Waals surface area contributed by atoms with Crippen molar-refractivity contribution in [3.05, 3.63) is 53.2 Å². The second-order valence-corrected chi connectivity index (χ2v) is 6.05. The van der Waals surface area contributed by atoms with Gasteiger partial charge < -0.3 is 9.84 Å². The molecule has 0 radical (unpaired) electrons. The molecule has 0 aliphatic rings. The Morgan fingerprint density at radius 2 is 2.04 bits per heavy atom. The summed E-state index contributed by atoms with van der Waals surface area (Å²) < 4.78 is 5.27. The lowest BCUT2D eigenvalue weighted by atomic mass is 9.99. The van der Waals surface area contributed by atoms with Gasteiger partial charge in [-0.05, 0) is 36.8 Å². The number of rotatable bonds is 5. The summed E-state index contributed by atoms with van der Waals surface area (Å²) in [5.74, 6) is 4.86. The van der Waals surface area contributed by atoms with E-state index in [-0.39, 0.29) is 12.4 Å². The van der Waals surface area contributed by atoms with Gasteiger partial charge in [0.15, 0.2) is 6.61 Å². The molecule has 1 amide bonds. The maximum atomic E-state index is 11.1. The Kier molecular flexibility index (Phi) is 5.11. The van der Waals surface area contributed by atoms with Crippen LogP contribution < -0.4 is 16.0 Å². The Morgan fingerprint density at radius 3 is 2.69 bits per heavy atom. The zero-order valence-electron chi connectivity index (χ0n) is 13.9. The summed E-state index contributed by atoms with van der Waals surface area (Å²) in [6.07, 6.45) is 0. The number of carbonyl (C=O) groups excluding carboxylic acids is 1. The van der Waals surface area contributed by atoms with Crippen LogP contribution in [0.15, 0.2) is 42.5 Å². The van der Waals surface area contributed by atoms with Crippen molar-refractivity contribution >= 4 is 17.5 Å². The van der Waals surface area contributed by atoms with E-state index < -0.39 is 5.91 Å². The van der Waals surface area contributed by atoms with Gasteiger partial charge in [0.25, 0.3) is 5.91 Å². The highest BCUT2D eigenvalue weighted by Crippen LogP contribution is 2.38.